The molecule has 0 heterocycles. The van der Waals surface area contributed by atoms with Crippen LogP contribution in [0, 0.1) is 0 Å². The average Bonchev–Trinajstić information content (AvgIpc) is 3.21. The van der Waals surface area contributed by atoms with Gasteiger partial charge < -0.3 is 40.2 Å². The fraction of sp³-hybridized carbons (Fsp3) is 0.467. The molecule has 4 amide bonds. The smallest absolute Gasteiger partial charge is 0.408 e. The first kappa shape index (κ1) is 45.8. The molecule has 0 radical (unpaired) electrons. The van der Waals surface area contributed by atoms with Gasteiger partial charge in [0, 0.05) is 12.8 Å². The minimum absolute atomic E-state index is 0.0153. The van der Waals surface area contributed by atoms with Gasteiger partial charge in [-0.05, 0) is 95.5 Å². The van der Waals surface area contributed by atoms with E-state index >= 15 is 0 Å². The second kappa shape index (κ2) is 22.9. The molecule has 14 heteroatoms. The monoisotopic (exact) mass is 814 g/mol. The summed E-state index contributed by atoms with van der Waals surface area (Å²) in [6, 6.07) is 21.1. The Bertz CT molecular complexity index is 1830. The van der Waals surface area contributed by atoms with Gasteiger partial charge in [0.2, 0.25) is 17.7 Å². The number of hydrogen-bond donors (Lipinski definition) is 4. The molecule has 4 rings (SSSR count). The van der Waals surface area contributed by atoms with Crippen LogP contribution < -0.4 is 26.0 Å². The van der Waals surface area contributed by atoms with Crippen LogP contribution in [0.15, 0.2) is 84.9 Å². The quantitative estimate of drug-likeness (QED) is 0.0878. The van der Waals surface area contributed by atoms with Crippen LogP contribution in [0.4, 0.5) is 4.79 Å². The summed E-state index contributed by atoms with van der Waals surface area (Å²) in [6.07, 6.45) is 3.31. The maximum absolute atomic E-state index is 13.7. The lowest BCUT2D eigenvalue weighted by Gasteiger charge is -2.26. The molecule has 0 aliphatic heterocycles. The molecule has 0 bridgehead atoms. The number of carbonyl (C=O) groups is 6. The molecule has 1 aliphatic rings. The highest BCUT2D eigenvalue weighted by Crippen LogP contribution is 2.21. The van der Waals surface area contributed by atoms with Gasteiger partial charge in [-0.2, -0.15) is 0 Å². The summed E-state index contributed by atoms with van der Waals surface area (Å²) in [4.78, 5) is 79.2. The van der Waals surface area contributed by atoms with E-state index in [1.54, 1.807) is 45.0 Å². The van der Waals surface area contributed by atoms with Crippen LogP contribution in [-0.4, -0.2) is 71.6 Å². The fourth-order valence-electron chi connectivity index (χ4n) is 6.22. The summed E-state index contributed by atoms with van der Waals surface area (Å²) in [7, 11) is 0. The van der Waals surface area contributed by atoms with Crippen molar-refractivity contribution in [1.82, 2.24) is 21.3 Å². The van der Waals surface area contributed by atoms with Crippen LogP contribution in [0.2, 0.25) is 0 Å². The van der Waals surface area contributed by atoms with E-state index in [1.165, 1.54) is 13.8 Å². The fourth-order valence-corrected chi connectivity index (χ4v) is 6.22. The van der Waals surface area contributed by atoms with Crippen LogP contribution in [0.5, 0.6) is 5.75 Å². The molecule has 318 valence electrons. The van der Waals surface area contributed by atoms with Crippen LogP contribution in [0.25, 0.3) is 0 Å². The van der Waals surface area contributed by atoms with E-state index in [0.29, 0.717) is 17.9 Å². The number of benzene rings is 3. The highest BCUT2D eigenvalue weighted by molar-refractivity contribution is 5.94. The van der Waals surface area contributed by atoms with E-state index in [-0.39, 0.29) is 32.0 Å². The van der Waals surface area contributed by atoms with E-state index in [2.05, 4.69) is 21.3 Å². The molecule has 0 spiro atoms. The van der Waals surface area contributed by atoms with Gasteiger partial charge >= 0.3 is 18.0 Å². The number of hydrogen-bond acceptors (Lipinski definition) is 10. The second-order valence-corrected chi connectivity index (χ2v) is 15.7. The van der Waals surface area contributed by atoms with Crippen molar-refractivity contribution in [2.45, 2.75) is 135 Å². The summed E-state index contributed by atoms with van der Waals surface area (Å²) in [5.74, 6) is -2.68. The molecule has 59 heavy (non-hydrogen) atoms. The Hall–Kier alpha value is -5.92. The van der Waals surface area contributed by atoms with Crippen LogP contribution >= 0.6 is 0 Å². The van der Waals surface area contributed by atoms with Gasteiger partial charge in [-0.15, -0.1) is 0 Å². The molecule has 3 aromatic rings. The lowest BCUT2D eigenvalue weighted by Crippen LogP contribution is -2.57. The van der Waals surface area contributed by atoms with Gasteiger partial charge in [0.05, 0.1) is 0 Å². The van der Waals surface area contributed by atoms with E-state index in [1.807, 2.05) is 60.7 Å². The zero-order valence-electron chi connectivity index (χ0n) is 34.6. The topological polar surface area (TPSA) is 187 Å². The van der Waals surface area contributed by atoms with Crippen molar-refractivity contribution < 1.29 is 47.7 Å². The minimum Gasteiger partial charge on any atom is -0.489 e. The van der Waals surface area contributed by atoms with Gasteiger partial charge in [0.25, 0.3) is 0 Å². The molecule has 4 atom stereocenters. The lowest BCUT2D eigenvalue weighted by atomic mass is 9.98. The van der Waals surface area contributed by atoms with Crippen LogP contribution in [0.1, 0.15) is 96.3 Å². The number of nitrogens with one attached hydrogen (secondary N) is 4. The van der Waals surface area contributed by atoms with Gasteiger partial charge in [0.1, 0.15) is 54.8 Å². The Balaban J connectivity index is 1.42. The molecule has 1 aliphatic carbocycles. The molecular formula is C45H58N4O10. The summed E-state index contributed by atoms with van der Waals surface area (Å²) in [6.45, 7) is 8.30. The highest BCUT2D eigenvalue weighted by atomic mass is 16.6. The van der Waals surface area contributed by atoms with E-state index in [0.717, 1.165) is 43.2 Å². The van der Waals surface area contributed by atoms with Crippen molar-refractivity contribution in [1.29, 1.82) is 0 Å². The van der Waals surface area contributed by atoms with Crippen molar-refractivity contribution in [2.24, 2.45) is 0 Å². The van der Waals surface area contributed by atoms with Crippen molar-refractivity contribution in [2.75, 3.05) is 0 Å². The Morgan fingerprint density at radius 2 is 1.22 bits per heavy atom. The van der Waals surface area contributed by atoms with Crippen LogP contribution in [-0.2, 0) is 57.8 Å². The molecular weight excluding hydrogens is 757 g/mol. The third kappa shape index (κ3) is 16.8. The number of amides is 4. The van der Waals surface area contributed by atoms with Gasteiger partial charge in [0.15, 0.2) is 0 Å². The van der Waals surface area contributed by atoms with E-state index < -0.39 is 65.5 Å². The molecule has 3 aromatic carbocycles. The van der Waals surface area contributed by atoms with Crippen LogP contribution in [0.3, 0.4) is 0 Å². The lowest BCUT2D eigenvalue weighted by molar-refractivity contribution is -0.151. The maximum Gasteiger partial charge on any atom is 0.408 e. The predicted octanol–water partition coefficient (Wildman–Crippen LogP) is 5.60. The van der Waals surface area contributed by atoms with Crippen molar-refractivity contribution in [3.8, 4) is 5.75 Å². The van der Waals surface area contributed by atoms with E-state index in [9.17, 15) is 28.8 Å². The maximum atomic E-state index is 13.7. The summed E-state index contributed by atoms with van der Waals surface area (Å²) in [5.41, 5.74) is 1.59. The molecule has 1 fully saturated rings. The SMILES string of the molecule is C[C@@H](NC(=O)[C@H](CCC(=O)OC1CCCCC1)NC(=O)OC(C)(C)C)C(=O)N[C@@H](Cc1ccc(OCc2ccccc2)cc1)C(=O)N[C@H](C)C(=O)OCc1ccccc1. The predicted molar refractivity (Wildman–Crippen MR) is 220 cm³/mol. The molecule has 14 nitrogen and oxygen atoms in total. The van der Waals surface area contributed by atoms with Crippen molar-refractivity contribution >= 4 is 35.8 Å². The third-order valence-electron chi connectivity index (χ3n) is 9.43. The Kier molecular flexibility index (Phi) is 17.7. The first-order valence-electron chi connectivity index (χ1n) is 20.2. The first-order valence-corrected chi connectivity index (χ1v) is 20.2. The largest absolute Gasteiger partial charge is 0.489 e. The van der Waals surface area contributed by atoms with Gasteiger partial charge in [-0.1, -0.05) is 79.2 Å². The zero-order chi connectivity index (χ0) is 42.8. The number of ether oxygens (including phenoxy) is 4. The zero-order valence-corrected chi connectivity index (χ0v) is 34.6. The van der Waals surface area contributed by atoms with E-state index in [4.69, 9.17) is 18.9 Å². The Morgan fingerprint density at radius 3 is 1.83 bits per heavy atom. The van der Waals surface area contributed by atoms with Gasteiger partial charge in [-0.25, -0.2) is 9.59 Å². The van der Waals surface area contributed by atoms with Crippen molar-refractivity contribution in [3.05, 3.63) is 102 Å². The molecule has 1 saturated carbocycles. The molecule has 0 saturated heterocycles. The number of alkyl carbamates (subject to hydrolysis) is 1. The Morgan fingerprint density at radius 1 is 0.644 bits per heavy atom. The number of carbonyl (C=O) groups excluding carboxylic acids is 6. The molecule has 4 N–H and O–H groups in total. The molecule has 0 aromatic heterocycles. The highest BCUT2D eigenvalue weighted by Gasteiger charge is 2.31. The van der Waals surface area contributed by atoms with Gasteiger partial charge in [-0.3, -0.25) is 19.2 Å². The number of rotatable bonds is 19. The minimum atomic E-state index is -1.25. The average molecular weight is 815 g/mol. The van der Waals surface area contributed by atoms with Crippen molar-refractivity contribution in [3.63, 3.8) is 0 Å². The molecule has 0 unspecified atom stereocenters. The summed E-state index contributed by atoms with van der Waals surface area (Å²) in [5, 5.41) is 10.5. The number of esters is 2. The second-order valence-electron chi connectivity index (χ2n) is 15.7. The summed E-state index contributed by atoms with van der Waals surface area (Å²) >= 11 is 0. The first-order chi connectivity index (χ1) is 28.1. The third-order valence-corrected chi connectivity index (χ3v) is 9.43. The standard InChI is InChI=1S/C45H58N4O10/c1-30(46-41(52)37(49-44(55)59-45(3,4)5)25-26-39(50)58-36-19-13-8-14-20-36)40(51)48-38(42(53)47-31(2)43(54)57-29-34-17-11-7-12-18-34)27-32-21-23-35(24-22-32)56-28-33-15-9-6-10-16-33/h6-7,9-12,15-18,21-24,30-31,36-38H,8,13-14,19-20,25-29H2,1-5H3,(H,46,52)(H,47,53)(H,48,51)(H,49,55)/t30-,31-,37+,38+/m1/s1. The Labute approximate surface area is 346 Å². The normalized spacial score (nSPS) is 14.9. The summed E-state index contributed by atoms with van der Waals surface area (Å²) < 4.78 is 22.2.